The molecule has 0 heterocycles. The van der Waals surface area contributed by atoms with E-state index in [0.29, 0.717) is 19.3 Å². The van der Waals surface area contributed by atoms with Crippen molar-refractivity contribution in [2.45, 2.75) is 406 Å². The fraction of sp³-hybridized carbons (Fsp3) is 0.878. The molecule has 1 unspecified atom stereocenters. The highest BCUT2D eigenvalue weighted by Crippen LogP contribution is 2.18. The molecule has 0 saturated heterocycles. The summed E-state index contributed by atoms with van der Waals surface area (Å²) in [6.07, 6.45) is 86.1. The monoisotopic (exact) mass is 1120 g/mol. The standard InChI is InChI=1S/C74H138O6/c1-4-7-10-13-16-19-22-25-27-29-31-33-35-36-37-38-40-41-43-45-47-49-52-55-58-61-64-67-73(76)79-70-71(69-78-72(75)66-63-60-57-54-51-24-21-18-15-12-9-6-3)80-74(77)68-65-62-59-56-53-50-48-46-44-42-39-34-32-30-28-26-23-20-17-14-11-8-5-2/h18,21,29-32,71H,4-17,19-20,22-28,33-70H2,1-3H3/b21-18-,31-29-,32-30-. The van der Waals surface area contributed by atoms with Crippen LogP contribution in [0.1, 0.15) is 400 Å². The van der Waals surface area contributed by atoms with Gasteiger partial charge in [0.15, 0.2) is 6.10 Å². The fourth-order valence-corrected chi connectivity index (χ4v) is 10.9. The van der Waals surface area contributed by atoms with Gasteiger partial charge in [0, 0.05) is 19.3 Å². The molecule has 0 aromatic rings. The third-order valence-electron chi connectivity index (χ3n) is 16.3. The Labute approximate surface area is 499 Å². The van der Waals surface area contributed by atoms with Crippen LogP contribution in [0.4, 0.5) is 0 Å². The molecule has 6 nitrogen and oxygen atoms in total. The average Bonchev–Trinajstić information content (AvgIpc) is 3.46. The Bertz CT molecular complexity index is 1340. The number of carbonyl (C=O) groups is 3. The zero-order valence-electron chi connectivity index (χ0n) is 54.1. The van der Waals surface area contributed by atoms with Crippen LogP contribution in [0.15, 0.2) is 36.5 Å². The van der Waals surface area contributed by atoms with E-state index in [4.69, 9.17) is 14.2 Å². The molecule has 0 aromatic heterocycles. The number of hydrogen-bond acceptors (Lipinski definition) is 6. The van der Waals surface area contributed by atoms with Crippen LogP contribution in [0.25, 0.3) is 0 Å². The average molecular weight is 1120 g/mol. The van der Waals surface area contributed by atoms with Gasteiger partial charge in [-0.2, -0.15) is 0 Å². The van der Waals surface area contributed by atoms with E-state index in [1.807, 2.05) is 0 Å². The summed E-state index contributed by atoms with van der Waals surface area (Å²) in [5.41, 5.74) is 0. The lowest BCUT2D eigenvalue weighted by atomic mass is 10.0. The summed E-state index contributed by atoms with van der Waals surface area (Å²) in [6, 6.07) is 0. The number of allylic oxidation sites excluding steroid dienone is 6. The normalized spacial score (nSPS) is 12.2. The van der Waals surface area contributed by atoms with Crippen LogP contribution in [0.3, 0.4) is 0 Å². The Morgan fingerprint density at radius 3 is 0.650 bits per heavy atom. The van der Waals surface area contributed by atoms with E-state index in [0.717, 1.165) is 64.2 Å². The number of hydrogen-bond donors (Lipinski definition) is 0. The molecule has 0 amide bonds. The molecule has 0 N–H and O–H groups in total. The predicted molar refractivity (Wildman–Crippen MR) is 349 cm³/mol. The lowest BCUT2D eigenvalue weighted by Gasteiger charge is -2.18. The molecule has 0 fully saturated rings. The van der Waals surface area contributed by atoms with Crippen LogP contribution >= 0.6 is 0 Å². The molecule has 0 aliphatic heterocycles. The number of unbranched alkanes of at least 4 members (excludes halogenated alkanes) is 50. The summed E-state index contributed by atoms with van der Waals surface area (Å²) in [4.78, 5) is 38.4. The number of ether oxygens (including phenoxy) is 3. The Hall–Kier alpha value is -2.37. The van der Waals surface area contributed by atoms with Gasteiger partial charge >= 0.3 is 17.9 Å². The van der Waals surface area contributed by atoms with E-state index in [9.17, 15) is 14.4 Å². The number of carbonyl (C=O) groups excluding carboxylic acids is 3. The van der Waals surface area contributed by atoms with Crippen molar-refractivity contribution in [3.05, 3.63) is 36.5 Å². The van der Waals surface area contributed by atoms with Gasteiger partial charge in [0.25, 0.3) is 0 Å². The topological polar surface area (TPSA) is 78.9 Å². The molecular weight excluding hydrogens is 985 g/mol. The van der Waals surface area contributed by atoms with Crippen molar-refractivity contribution < 1.29 is 28.6 Å². The maximum absolute atomic E-state index is 12.9. The molecule has 0 spiro atoms. The van der Waals surface area contributed by atoms with Crippen molar-refractivity contribution in [2.75, 3.05) is 13.2 Å². The minimum absolute atomic E-state index is 0.0708. The van der Waals surface area contributed by atoms with Crippen molar-refractivity contribution in [3.8, 4) is 0 Å². The Morgan fingerprint density at radius 1 is 0.237 bits per heavy atom. The Balaban J connectivity index is 4.19. The maximum Gasteiger partial charge on any atom is 0.306 e. The summed E-state index contributed by atoms with van der Waals surface area (Å²) >= 11 is 0. The highest BCUT2D eigenvalue weighted by Gasteiger charge is 2.19. The van der Waals surface area contributed by atoms with Crippen LogP contribution in [0.2, 0.25) is 0 Å². The van der Waals surface area contributed by atoms with Gasteiger partial charge < -0.3 is 14.2 Å². The molecule has 1 atom stereocenters. The van der Waals surface area contributed by atoms with Gasteiger partial charge in [0.05, 0.1) is 0 Å². The van der Waals surface area contributed by atoms with Gasteiger partial charge in [-0.15, -0.1) is 0 Å². The van der Waals surface area contributed by atoms with Crippen molar-refractivity contribution in [1.82, 2.24) is 0 Å². The van der Waals surface area contributed by atoms with Crippen LogP contribution in [0, 0.1) is 0 Å². The van der Waals surface area contributed by atoms with Crippen LogP contribution in [0.5, 0.6) is 0 Å². The molecule has 80 heavy (non-hydrogen) atoms. The molecule has 6 heteroatoms. The largest absolute Gasteiger partial charge is 0.462 e. The van der Waals surface area contributed by atoms with E-state index in [2.05, 4.69) is 57.2 Å². The molecule has 470 valence electrons. The summed E-state index contributed by atoms with van der Waals surface area (Å²) in [5, 5.41) is 0. The Kier molecular flexibility index (Phi) is 67.1. The summed E-state index contributed by atoms with van der Waals surface area (Å²) in [7, 11) is 0. The van der Waals surface area contributed by atoms with Gasteiger partial charge in [-0.3, -0.25) is 14.4 Å². The highest BCUT2D eigenvalue weighted by atomic mass is 16.6. The van der Waals surface area contributed by atoms with E-state index in [-0.39, 0.29) is 31.1 Å². The van der Waals surface area contributed by atoms with Gasteiger partial charge in [-0.25, -0.2) is 0 Å². The minimum atomic E-state index is -0.775. The molecule has 0 radical (unpaired) electrons. The molecule has 0 rings (SSSR count). The van der Waals surface area contributed by atoms with E-state index >= 15 is 0 Å². The van der Waals surface area contributed by atoms with Gasteiger partial charge in [-0.05, 0) is 96.3 Å². The summed E-state index contributed by atoms with van der Waals surface area (Å²) < 4.78 is 17.0. The fourth-order valence-electron chi connectivity index (χ4n) is 10.9. The number of rotatable bonds is 67. The van der Waals surface area contributed by atoms with E-state index < -0.39 is 6.10 Å². The first kappa shape index (κ1) is 77.6. The lowest BCUT2D eigenvalue weighted by Crippen LogP contribution is -2.30. The van der Waals surface area contributed by atoms with Crippen LogP contribution < -0.4 is 0 Å². The van der Waals surface area contributed by atoms with Crippen molar-refractivity contribution in [3.63, 3.8) is 0 Å². The first-order valence-electron chi connectivity index (χ1n) is 36.0. The number of esters is 3. The van der Waals surface area contributed by atoms with E-state index in [1.165, 1.54) is 295 Å². The SMILES string of the molecule is CCCCC/C=C\CCCCCCCC(=O)OCC(COC(=O)CCCCCCCCCCCCCCCCC/C=C\CCCCCCCCCC)OC(=O)CCCCCCCCCCCCC/C=C\CCCCCCCCCC. The third kappa shape index (κ3) is 66.4. The first-order chi connectivity index (χ1) is 39.5. The second-order valence-electron chi connectivity index (χ2n) is 24.5. The predicted octanol–water partition coefficient (Wildman–Crippen LogP) is 24.7. The third-order valence-corrected chi connectivity index (χ3v) is 16.3. The quantitative estimate of drug-likeness (QED) is 0.0261. The first-order valence-corrected chi connectivity index (χ1v) is 36.0. The summed E-state index contributed by atoms with van der Waals surface area (Å²) in [5.74, 6) is -0.854. The minimum Gasteiger partial charge on any atom is -0.462 e. The molecule has 0 aromatic carbocycles. The van der Waals surface area contributed by atoms with Crippen molar-refractivity contribution in [1.29, 1.82) is 0 Å². The smallest absolute Gasteiger partial charge is 0.306 e. The zero-order chi connectivity index (χ0) is 57.8. The van der Waals surface area contributed by atoms with Gasteiger partial charge in [0.1, 0.15) is 13.2 Å². The second kappa shape index (κ2) is 69.1. The van der Waals surface area contributed by atoms with Gasteiger partial charge in [0.2, 0.25) is 0 Å². The Morgan fingerprint density at radius 2 is 0.412 bits per heavy atom. The molecular formula is C74H138O6. The maximum atomic E-state index is 12.9. The molecule has 0 aliphatic rings. The summed E-state index contributed by atoms with van der Waals surface area (Å²) in [6.45, 7) is 6.68. The highest BCUT2D eigenvalue weighted by molar-refractivity contribution is 5.71. The van der Waals surface area contributed by atoms with Crippen molar-refractivity contribution in [2.24, 2.45) is 0 Å². The van der Waals surface area contributed by atoms with Crippen LogP contribution in [-0.2, 0) is 28.6 Å². The molecule has 0 aliphatic carbocycles. The van der Waals surface area contributed by atoms with E-state index in [1.54, 1.807) is 0 Å². The molecule has 0 bridgehead atoms. The second-order valence-corrected chi connectivity index (χ2v) is 24.5. The van der Waals surface area contributed by atoms with Gasteiger partial charge in [-0.1, -0.05) is 320 Å². The lowest BCUT2D eigenvalue weighted by molar-refractivity contribution is -0.167. The van der Waals surface area contributed by atoms with Crippen molar-refractivity contribution >= 4 is 17.9 Å². The van der Waals surface area contributed by atoms with Crippen LogP contribution in [-0.4, -0.2) is 37.2 Å². The zero-order valence-corrected chi connectivity index (χ0v) is 54.1. The molecule has 0 saturated carbocycles.